The van der Waals surface area contributed by atoms with Gasteiger partial charge < -0.3 is 64.2 Å². The summed E-state index contributed by atoms with van der Waals surface area (Å²) in [6.07, 6.45) is 24.9. The first-order valence-electron chi connectivity index (χ1n) is 26.9. The molecule has 4 unspecified atom stereocenters. The van der Waals surface area contributed by atoms with Gasteiger partial charge in [-0.2, -0.15) is 0 Å². The lowest BCUT2D eigenvalue weighted by Gasteiger charge is -2.42. The molecule has 11 atom stereocenters. The van der Waals surface area contributed by atoms with Crippen LogP contribution in [-0.4, -0.2) is 142 Å². The number of hydrogen-bond acceptors (Lipinski definition) is 15. The van der Waals surface area contributed by atoms with E-state index < -0.39 is 92.7 Å². The van der Waals surface area contributed by atoms with E-state index in [1.807, 2.05) is 0 Å². The molecule has 2 aliphatic heterocycles. The molecule has 2 heterocycles. The van der Waals surface area contributed by atoms with Crippen molar-refractivity contribution in [1.29, 1.82) is 0 Å². The number of carbonyl (C=O) groups excluding carboxylic acids is 2. The summed E-state index contributed by atoms with van der Waals surface area (Å²) in [5, 5.41) is 72.1. The molecule has 15 heteroatoms. The number of aliphatic hydroxyl groups excluding tert-OH is 7. The van der Waals surface area contributed by atoms with Gasteiger partial charge in [-0.05, 0) is 44.9 Å². The second-order valence-electron chi connectivity index (χ2n) is 19.1. The Morgan fingerprint density at radius 3 is 1.40 bits per heavy atom. The van der Waals surface area contributed by atoms with Gasteiger partial charge in [-0.25, -0.2) is 0 Å². The molecule has 0 aromatic rings. The van der Waals surface area contributed by atoms with Crippen molar-refractivity contribution in [3.63, 3.8) is 0 Å². The molecular formula is C53H96O15. The second kappa shape index (κ2) is 40.6. The number of carbonyl (C=O) groups is 2. The molecular weight excluding hydrogens is 877 g/mol. The lowest BCUT2D eigenvalue weighted by molar-refractivity contribution is -0.332. The van der Waals surface area contributed by atoms with Crippen LogP contribution in [0.1, 0.15) is 206 Å². The highest BCUT2D eigenvalue weighted by Crippen LogP contribution is 2.26. The molecule has 0 amide bonds. The smallest absolute Gasteiger partial charge is 0.306 e. The van der Waals surface area contributed by atoms with Crippen molar-refractivity contribution >= 4 is 11.9 Å². The molecule has 398 valence electrons. The highest BCUT2D eigenvalue weighted by molar-refractivity contribution is 5.70. The summed E-state index contributed by atoms with van der Waals surface area (Å²) >= 11 is 0. The molecule has 0 aromatic carbocycles. The molecule has 7 N–H and O–H groups in total. The summed E-state index contributed by atoms with van der Waals surface area (Å²) in [5.74, 6) is -0.954. The van der Waals surface area contributed by atoms with Crippen LogP contribution in [0, 0.1) is 0 Å². The number of unbranched alkanes of at least 4 members (excludes halogenated alkanes) is 24. The van der Waals surface area contributed by atoms with Crippen LogP contribution < -0.4 is 0 Å². The third-order valence-corrected chi connectivity index (χ3v) is 12.9. The molecule has 0 bridgehead atoms. The molecule has 0 aliphatic carbocycles. The van der Waals surface area contributed by atoms with Gasteiger partial charge >= 0.3 is 11.9 Å². The zero-order valence-corrected chi connectivity index (χ0v) is 42.1. The molecule has 2 fully saturated rings. The molecule has 68 heavy (non-hydrogen) atoms. The Morgan fingerprint density at radius 2 is 0.882 bits per heavy atom. The number of ether oxygens (including phenoxy) is 6. The Morgan fingerprint density at radius 1 is 0.471 bits per heavy atom. The van der Waals surface area contributed by atoms with Crippen molar-refractivity contribution in [2.24, 2.45) is 0 Å². The molecule has 0 saturated carbocycles. The SMILES string of the molecule is CCCCCCCC/C=C/C/C=C/CCCCC(=O)OC[C@H](CO[C@H]1O[C@@H](CO[C@H]2O[C@@H](CO)[C@@H](O)C(O)C2O)[C@@H](O)C(O)C1O)OC(=O)CCCCCCCCCCCCCCCCCCC. The quantitative estimate of drug-likeness (QED) is 0.0175. The van der Waals surface area contributed by atoms with Crippen molar-refractivity contribution in [2.75, 3.05) is 26.4 Å². The van der Waals surface area contributed by atoms with E-state index in [0.717, 1.165) is 44.9 Å². The maximum absolute atomic E-state index is 13.0. The fraction of sp³-hybridized carbons (Fsp3) is 0.887. The molecule has 0 radical (unpaired) electrons. The maximum Gasteiger partial charge on any atom is 0.306 e. The van der Waals surface area contributed by atoms with Gasteiger partial charge in [0.25, 0.3) is 0 Å². The van der Waals surface area contributed by atoms with Gasteiger partial charge in [-0.3, -0.25) is 9.59 Å². The van der Waals surface area contributed by atoms with Gasteiger partial charge in [-0.1, -0.05) is 173 Å². The highest BCUT2D eigenvalue weighted by Gasteiger charge is 2.47. The van der Waals surface area contributed by atoms with Crippen molar-refractivity contribution in [2.45, 2.75) is 274 Å². The van der Waals surface area contributed by atoms with Crippen molar-refractivity contribution in [1.82, 2.24) is 0 Å². The lowest BCUT2D eigenvalue weighted by Crippen LogP contribution is -2.61. The minimum Gasteiger partial charge on any atom is -0.462 e. The summed E-state index contributed by atoms with van der Waals surface area (Å²) in [6, 6.07) is 0. The van der Waals surface area contributed by atoms with Crippen LogP contribution >= 0.6 is 0 Å². The van der Waals surface area contributed by atoms with Crippen molar-refractivity contribution in [3.8, 4) is 0 Å². The number of allylic oxidation sites excluding steroid dienone is 4. The first kappa shape index (κ1) is 62.1. The average Bonchev–Trinajstić information content (AvgIpc) is 3.33. The third kappa shape index (κ3) is 28.1. The average molecular weight is 973 g/mol. The predicted molar refractivity (Wildman–Crippen MR) is 261 cm³/mol. The van der Waals surface area contributed by atoms with Gasteiger partial charge in [0.15, 0.2) is 18.7 Å². The van der Waals surface area contributed by atoms with Crippen LogP contribution in [0.15, 0.2) is 24.3 Å². The summed E-state index contributed by atoms with van der Waals surface area (Å²) < 4.78 is 33.6. The first-order valence-corrected chi connectivity index (χ1v) is 26.9. The Labute approximate surface area is 409 Å². The summed E-state index contributed by atoms with van der Waals surface area (Å²) in [7, 11) is 0. The molecule has 15 nitrogen and oxygen atoms in total. The minimum atomic E-state index is -1.77. The van der Waals surface area contributed by atoms with Crippen LogP contribution in [0.25, 0.3) is 0 Å². The zero-order valence-electron chi connectivity index (χ0n) is 42.1. The Kier molecular flexibility index (Phi) is 37.0. The van der Waals surface area contributed by atoms with E-state index in [-0.39, 0.29) is 26.1 Å². The fourth-order valence-electron chi connectivity index (χ4n) is 8.48. The third-order valence-electron chi connectivity index (χ3n) is 12.9. The van der Waals surface area contributed by atoms with E-state index in [9.17, 15) is 45.3 Å². The summed E-state index contributed by atoms with van der Waals surface area (Å²) in [4.78, 5) is 25.8. The summed E-state index contributed by atoms with van der Waals surface area (Å²) in [6.45, 7) is 2.57. The monoisotopic (exact) mass is 973 g/mol. The normalized spacial score (nSPS) is 25.9. The number of rotatable bonds is 42. The highest BCUT2D eigenvalue weighted by atomic mass is 16.7. The maximum atomic E-state index is 13.0. The standard InChI is InChI=1S/C53H96O15/c1-3-5-7-9-11-13-15-17-19-20-22-24-26-28-30-32-34-36-45(56)66-41(38-63-44(55)35-33-31-29-27-25-23-21-18-16-14-12-10-8-6-4-2)39-64-52-51(62)49(60)47(58)43(68-52)40-65-53-50(61)48(59)46(57)42(37-54)67-53/h18,21,25,27,41-43,46-54,57-62H,3-17,19-20,22-24,26,28-40H2,1-2H3/b21-18+,27-25+/t41-,42+,43+,46-,47-,48?,49?,50?,51?,52+,53+/m1/s1. The Hall–Kier alpha value is -2.02. The number of esters is 2. The molecule has 2 aliphatic rings. The van der Waals surface area contributed by atoms with Gasteiger partial charge in [0.2, 0.25) is 0 Å². The van der Waals surface area contributed by atoms with Gasteiger partial charge in [0.1, 0.15) is 55.4 Å². The van der Waals surface area contributed by atoms with E-state index in [0.29, 0.717) is 12.8 Å². The largest absolute Gasteiger partial charge is 0.462 e. The number of hydrogen-bond donors (Lipinski definition) is 7. The Balaban J connectivity index is 1.80. The van der Waals surface area contributed by atoms with Crippen LogP contribution in [0.3, 0.4) is 0 Å². The first-order chi connectivity index (χ1) is 33.0. The van der Waals surface area contributed by atoms with Gasteiger partial charge in [-0.15, -0.1) is 0 Å². The Bertz CT molecular complexity index is 1280. The summed E-state index contributed by atoms with van der Waals surface area (Å²) in [5.41, 5.74) is 0. The van der Waals surface area contributed by atoms with Crippen LogP contribution in [0.4, 0.5) is 0 Å². The van der Waals surface area contributed by atoms with E-state index in [4.69, 9.17) is 28.4 Å². The number of aliphatic hydroxyl groups is 7. The lowest BCUT2D eigenvalue weighted by atomic mass is 9.98. The second-order valence-corrected chi connectivity index (χ2v) is 19.1. The topological polar surface area (TPSA) is 231 Å². The van der Waals surface area contributed by atoms with Crippen molar-refractivity contribution in [3.05, 3.63) is 24.3 Å². The molecule has 2 rings (SSSR count). The van der Waals surface area contributed by atoms with E-state index in [1.54, 1.807) is 0 Å². The van der Waals surface area contributed by atoms with Crippen LogP contribution in [-0.2, 0) is 38.0 Å². The molecule has 0 aromatic heterocycles. The van der Waals surface area contributed by atoms with E-state index in [1.165, 1.54) is 122 Å². The van der Waals surface area contributed by atoms with Crippen LogP contribution in [0.2, 0.25) is 0 Å². The predicted octanol–water partition coefficient (Wildman–Crippen LogP) is 7.94. The molecule has 2 saturated heterocycles. The van der Waals surface area contributed by atoms with E-state index in [2.05, 4.69) is 38.2 Å². The van der Waals surface area contributed by atoms with Gasteiger partial charge in [0.05, 0.1) is 19.8 Å². The van der Waals surface area contributed by atoms with Crippen LogP contribution in [0.5, 0.6) is 0 Å². The molecule has 0 spiro atoms. The zero-order chi connectivity index (χ0) is 49.6. The van der Waals surface area contributed by atoms with E-state index >= 15 is 0 Å². The fourth-order valence-corrected chi connectivity index (χ4v) is 8.48. The minimum absolute atomic E-state index is 0.163. The van der Waals surface area contributed by atoms with Crippen molar-refractivity contribution < 1.29 is 73.8 Å². The van der Waals surface area contributed by atoms with Gasteiger partial charge in [0, 0.05) is 12.8 Å².